The third-order valence-corrected chi connectivity index (χ3v) is 3.44. The molecule has 0 saturated heterocycles. The minimum Gasteiger partial charge on any atom is -0.389 e. The Morgan fingerprint density at radius 2 is 2.15 bits per heavy atom. The molecule has 0 amide bonds. The second-order valence-electron chi connectivity index (χ2n) is 2.37. The zero-order valence-corrected chi connectivity index (χ0v) is 8.28. The first-order valence-electron chi connectivity index (χ1n) is 3.20. The molecule has 1 aromatic heterocycles. The SMILES string of the molecule is CC(=O)c1cc(S(=O)(=O)O)c(N)s1. The fraction of sp³-hybridized carbons (Fsp3) is 0.167. The van der Waals surface area contributed by atoms with Crippen LogP contribution in [0.15, 0.2) is 11.0 Å². The Hall–Kier alpha value is -0.920. The number of ketones is 1. The summed E-state index contributed by atoms with van der Waals surface area (Å²) in [7, 11) is -4.31. The van der Waals surface area contributed by atoms with Crippen LogP contribution in [0.3, 0.4) is 0 Å². The monoisotopic (exact) mass is 221 g/mol. The third kappa shape index (κ3) is 2.06. The predicted molar refractivity (Wildman–Crippen MR) is 48.6 cm³/mol. The number of Topliss-reactive ketones (excluding diaryl/α,β-unsaturated/α-hetero) is 1. The topological polar surface area (TPSA) is 97.5 Å². The quantitative estimate of drug-likeness (QED) is 0.568. The van der Waals surface area contributed by atoms with Crippen molar-refractivity contribution in [3.05, 3.63) is 10.9 Å². The lowest BCUT2D eigenvalue weighted by atomic mass is 10.3. The molecule has 0 atom stereocenters. The van der Waals surface area contributed by atoms with Gasteiger partial charge in [-0.05, 0) is 13.0 Å². The largest absolute Gasteiger partial charge is 0.389 e. The molecule has 1 aromatic rings. The van der Waals surface area contributed by atoms with E-state index in [1.807, 2.05) is 0 Å². The lowest BCUT2D eigenvalue weighted by Gasteiger charge is -1.90. The molecule has 1 heterocycles. The average Bonchev–Trinajstić information content (AvgIpc) is 2.29. The van der Waals surface area contributed by atoms with Gasteiger partial charge in [0.2, 0.25) is 0 Å². The summed E-state index contributed by atoms with van der Waals surface area (Å²) < 4.78 is 30.0. The number of nitrogen functional groups attached to an aromatic ring is 1. The number of anilines is 1. The van der Waals surface area contributed by atoms with Crippen molar-refractivity contribution in [2.24, 2.45) is 0 Å². The number of carbonyl (C=O) groups is 1. The number of nitrogens with two attached hydrogens (primary N) is 1. The van der Waals surface area contributed by atoms with Gasteiger partial charge in [0, 0.05) is 0 Å². The molecule has 0 aliphatic heterocycles. The van der Waals surface area contributed by atoms with Gasteiger partial charge in [-0.2, -0.15) is 8.42 Å². The van der Waals surface area contributed by atoms with Crippen LogP contribution in [0.2, 0.25) is 0 Å². The van der Waals surface area contributed by atoms with Gasteiger partial charge in [0.1, 0.15) is 9.90 Å². The summed E-state index contributed by atoms with van der Waals surface area (Å²) in [5.74, 6) is -0.286. The van der Waals surface area contributed by atoms with E-state index in [9.17, 15) is 13.2 Å². The van der Waals surface area contributed by atoms with E-state index in [1.165, 1.54) is 6.92 Å². The van der Waals surface area contributed by atoms with E-state index in [0.29, 0.717) is 0 Å². The highest BCUT2D eigenvalue weighted by atomic mass is 32.2. The summed E-state index contributed by atoms with van der Waals surface area (Å²) in [6.45, 7) is 1.29. The molecule has 0 saturated carbocycles. The third-order valence-electron chi connectivity index (χ3n) is 1.35. The van der Waals surface area contributed by atoms with E-state index < -0.39 is 15.0 Å². The standard InChI is InChI=1S/C6H7NO4S2/c1-3(8)4-2-5(6(7)12-4)13(9,10)11/h2H,7H2,1H3,(H,9,10,11). The Bertz CT molecular complexity index is 445. The fourth-order valence-electron chi connectivity index (χ4n) is 0.763. The van der Waals surface area contributed by atoms with Gasteiger partial charge < -0.3 is 5.73 Å². The summed E-state index contributed by atoms with van der Waals surface area (Å²) in [5, 5.41) is -0.0762. The number of hydrogen-bond acceptors (Lipinski definition) is 5. The molecular formula is C6H7NO4S2. The van der Waals surface area contributed by atoms with E-state index in [2.05, 4.69) is 0 Å². The molecule has 13 heavy (non-hydrogen) atoms. The zero-order chi connectivity index (χ0) is 10.2. The molecule has 0 aliphatic rings. The molecule has 72 valence electrons. The van der Waals surface area contributed by atoms with Crippen LogP contribution < -0.4 is 5.73 Å². The van der Waals surface area contributed by atoms with E-state index >= 15 is 0 Å². The molecule has 3 N–H and O–H groups in total. The van der Waals surface area contributed by atoms with Crippen LogP contribution in [-0.2, 0) is 10.1 Å². The van der Waals surface area contributed by atoms with E-state index in [0.717, 1.165) is 17.4 Å². The molecule has 0 unspecified atom stereocenters. The van der Waals surface area contributed by atoms with Gasteiger partial charge in [-0.15, -0.1) is 11.3 Å². The van der Waals surface area contributed by atoms with Gasteiger partial charge in [-0.25, -0.2) is 0 Å². The molecule has 0 spiro atoms. The summed E-state index contributed by atoms with van der Waals surface area (Å²) in [4.78, 5) is 10.6. The summed E-state index contributed by atoms with van der Waals surface area (Å²) in [6.07, 6.45) is 0. The maximum absolute atomic E-state index is 10.8. The first-order valence-corrected chi connectivity index (χ1v) is 5.45. The van der Waals surface area contributed by atoms with Crippen LogP contribution in [0.5, 0.6) is 0 Å². The highest BCUT2D eigenvalue weighted by Crippen LogP contribution is 2.28. The minimum absolute atomic E-state index is 0.0762. The summed E-state index contributed by atoms with van der Waals surface area (Å²) in [6, 6.07) is 1.07. The van der Waals surface area contributed by atoms with Crippen LogP contribution in [0.25, 0.3) is 0 Å². The molecule has 0 aliphatic carbocycles. The molecule has 1 rings (SSSR count). The van der Waals surface area contributed by atoms with E-state index in [1.54, 1.807) is 0 Å². The predicted octanol–water partition coefficient (Wildman–Crippen LogP) is 0.780. The Labute approximate surface area is 78.9 Å². The Morgan fingerprint density at radius 1 is 1.62 bits per heavy atom. The van der Waals surface area contributed by atoms with Crippen molar-refractivity contribution in [3.63, 3.8) is 0 Å². The molecule has 0 aromatic carbocycles. The van der Waals surface area contributed by atoms with Gasteiger partial charge in [-0.1, -0.05) is 0 Å². The number of rotatable bonds is 2. The molecular weight excluding hydrogens is 214 g/mol. The lowest BCUT2D eigenvalue weighted by molar-refractivity contribution is 0.102. The highest BCUT2D eigenvalue weighted by Gasteiger charge is 2.19. The molecule has 0 fully saturated rings. The number of carbonyl (C=O) groups excluding carboxylic acids is 1. The first-order chi connectivity index (χ1) is 5.82. The van der Waals surface area contributed by atoms with Crippen molar-refractivity contribution >= 4 is 32.2 Å². The lowest BCUT2D eigenvalue weighted by Crippen LogP contribution is -1.99. The maximum Gasteiger partial charge on any atom is 0.297 e. The van der Waals surface area contributed by atoms with Crippen LogP contribution in [0.4, 0.5) is 5.00 Å². The van der Waals surface area contributed by atoms with Crippen molar-refractivity contribution < 1.29 is 17.8 Å². The summed E-state index contributed by atoms with van der Waals surface area (Å²) in [5.41, 5.74) is 5.29. The van der Waals surface area contributed by atoms with Crippen molar-refractivity contribution in [1.82, 2.24) is 0 Å². The van der Waals surface area contributed by atoms with E-state index in [-0.39, 0.29) is 15.7 Å². The fourth-order valence-corrected chi connectivity index (χ4v) is 2.52. The normalized spacial score (nSPS) is 11.5. The van der Waals surface area contributed by atoms with Gasteiger partial charge in [-0.3, -0.25) is 9.35 Å². The van der Waals surface area contributed by atoms with E-state index in [4.69, 9.17) is 10.3 Å². The number of thiophene rings is 1. The first kappa shape index (κ1) is 10.2. The zero-order valence-electron chi connectivity index (χ0n) is 6.64. The van der Waals surface area contributed by atoms with Gasteiger partial charge in [0.05, 0.1) is 4.88 Å². The van der Waals surface area contributed by atoms with Gasteiger partial charge in [0.15, 0.2) is 5.78 Å². The second-order valence-corrected chi connectivity index (χ2v) is 4.84. The van der Waals surface area contributed by atoms with Crippen molar-refractivity contribution in [2.75, 3.05) is 5.73 Å². The van der Waals surface area contributed by atoms with Crippen molar-refractivity contribution in [1.29, 1.82) is 0 Å². The Balaban J connectivity index is 3.35. The van der Waals surface area contributed by atoms with Crippen LogP contribution in [0, 0.1) is 0 Å². The number of hydrogen-bond donors (Lipinski definition) is 2. The summed E-state index contributed by atoms with van der Waals surface area (Å²) >= 11 is 0.838. The molecule has 7 heteroatoms. The average molecular weight is 221 g/mol. The van der Waals surface area contributed by atoms with Crippen LogP contribution >= 0.6 is 11.3 Å². The van der Waals surface area contributed by atoms with Crippen LogP contribution in [0.1, 0.15) is 16.6 Å². The van der Waals surface area contributed by atoms with Gasteiger partial charge >= 0.3 is 0 Å². The highest BCUT2D eigenvalue weighted by molar-refractivity contribution is 7.86. The molecule has 5 nitrogen and oxygen atoms in total. The minimum atomic E-state index is -4.31. The maximum atomic E-state index is 10.8. The van der Waals surface area contributed by atoms with Gasteiger partial charge in [0.25, 0.3) is 10.1 Å². The second kappa shape index (κ2) is 3.09. The smallest absolute Gasteiger partial charge is 0.297 e. The Kier molecular flexibility index (Phi) is 2.42. The molecule has 0 bridgehead atoms. The van der Waals surface area contributed by atoms with Crippen molar-refractivity contribution in [2.45, 2.75) is 11.8 Å². The molecule has 0 radical (unpaired) electrons. The Morgan fingerprint density at radius 3 is 2.38 bits per heavy atom. The van der Waals surface area contributed by atoms with Crippen LogP contribution in [-0.4, -0.2) is 18.8 Å². The van der Waals surface area contributed by atoms with Crippen molar-refractivity contribution in [3.8, 4) is 0 Å².